The van der Waals surface area contributed by atoms with Crippen LogP contribution in [0.15, 0.2) is 16.7 Å². The van der Waals surface area contributed by atoms with E-state index in [4.69, 9.17) is 10.3 Å². The van der Waals surface area contributed by atoms with E-state index in [1.54, 1.807) is 0 Å². The van der Waals surface area contributed by atoms with Crippen molar-refractivity contribution in [2.24, 2.45) is 5.73 Å². The Balaban J connectivity index is 2.35. The molecular weight excluding hydrogens is 240 g/mol. The predicted molar refractivity (Wildman–Crippen MR) is 73.7 cm³/mol. The molecule has 0 saturated heterocycles. The lowest BCUT2D eigenvalue weighted by Gasteiger charge is -2.13. The largest absolute Gasteiger partial charge is 0.339 e. The lowest BCUT2D eigenvalue weighted by Crippen LogP contribution is -2.24. The number of aromatic nitrogens is 3. The summed E-state index contributed by atoms with van der Waals surface area (Å²) in [5, 5.41) is 4.05. The van der Waals surface area contributed by atoms with E-state index >= 15 is 0 Å². The van der Waals surface area contributed by atoms with Crippen molar-refractivity contribution in [1.82, 2.24) is 15.1 Å². The van der Waals surface area contributed by atoms with E-state index in [1.807, 2.05) is 32.9 Å². The van der Waals surface area contributed by atoms with Gasteiger partial charge in [0.1, 0.15) is 0 Å². The molecule has 2 atom stereocenters. The molecule has 2 aromatic rings. The van der Waals surface area contributed by atoms with Crippen LogP contribution in [0, 0.1) is 13.8 Å². The summed E-state index contributed by atoms with van der Waals surface area (Å²) in [5.41, 5.74) is 8.76. The van der Waals surface area contributed by atoms with Gasteiger partial charge in [0.25, 0.3) is 0 Å². The van der Waals surface area contributed by atoms with Crippen LogP contribution in [0.2, 0.25) is 0 Å². The second kappa shape index (κ2) is 5.48. The minimum absolute atomic E-state index is 0.000729. The number of nitrogens with two attached hydrogens (primary N) is 1. The molecule has 5 heteroatoms. The highest BCUT2D eigenvalue weighted by molar-refractivity contribution is 5.55. The minimum Gasteiger partial charge on any atom is -0.339 e. The highest BCUT2D eigenvalue weighted by Gasteiger charge is 2.21. The van der Waals surface area contributed by atoms with E-state index in [9.17, 15) is 0 Å². The Bertz CT molecular complexity index is 542. The molecule has 0 amide bonds. The van der Waals surface area contributed by atoms with Gasteiger partial charge in [-0.05, 0) is 39.3 Å². The molecule has 102 valence electrons. The van der Waals surface area contributed by atoms with E-state index in [0.717, 1.165) is 23.4 Å². The average Bonchev–Trinajstić information content (AvgIpc) is 2.77. The minimum atomic E-state index is -0.000729. The molecule has 0 bridgehead atoms. The van der Waals surface area contributed by atoms with Crippen molar-refractivity contribution >= 4 is 0 Å². The Kier molecular flexibility index (Phi) is 3.95. The number of hydrogen-bond donors (Lipinski definition) is 1. The zero-order valence-corrected chi connectivity index (χ0v) is 11.8. The van der Waals surface area contributed by atoms with Gasteiger partial charge < -0.3 is 10.3 Å². The summed E-state index contributed by atoms with van der Waals surface area (Å²) >= 11 is 0. The first-order valence-electron chi connectivity index (χ1n) is 6.56. The number of hydrogen-bond acceptors (Lipinski definition) is 5. The number of rotatable bonds is 4. The topological polar surface area (TPSA) is 77.8 Å². The fourth-order valence-corrected chi connectivity index (χ4v) is 2.24. The van der Waals surface area contributed by atoms with Crippen LogP contribution < -0.4 is 5.73 Å². The van der Waals surface area contributed by atoms with Crippen molar-refractivity contribution in [2.45, 2.75) is 46.1 Å². The average molecular weight is 260 g/mol. The highest BCUT2D eigenvalue weighted by atomic mass is 16.5. The first-order chi connectivity index (χ1) is 9.01. The molecule has 19 heavy (non-hydrogen) atoms. The predicted octanol–water partition coefficient (Wildman–Crippen LogP) is 2.59. The third-order valence-corrected chi connectivity index (χ3v) is 3.17. The van der Waals surface area contributed by atoms with Crippen molar-refractivity contribution < 1.29 is 4.52 Å². The summed E-state index contributed by atoms with van der Waals surface area (Å²) in [5.74, 6) is 1.31. The first kappa shape index (κ1) is 13.7. The second-order valence-electron chi connectivity index (χ2n) is 4.97. The van der Waals surface area contributed by atoms with Gasteiger partial charge in [-0.25, -0.2) is 0 Å². The molecule has 2 rings (SSSR count). The maximum atomic E-state index is 5.94. The summed E-state index contributed by atoms with van der Waals surface area (Å²) in [4.78, 5) is 8.81. The number of pyridine rings is 1. The third-order valence-electron chi connectivity index (χ3n) is 3.17. The van der Waals surface area contributed by atoms with Gasteiger partial charge >= 0.3 is 0 Å². The van der Waals surface area contributed by atoms with E-state index in [2.05, 4.69) is 22.0 Å². The molecule has 0 aliphatic heterocycles. The lowest BCUT2D eigenvalue weighted by atomic mass is 9.99. The number of nitrogens with zero attached hydrogens (tertiary/aromatic N) is 3. The van der Waals surface area contributed by atoms with Crippen molar-refractivity contribution in [3.05, 3.63) is 29.4 Å². The summed E-state index contributed by atoms with van der Waals surface area (Å²) in [6.45, 7) is 7.93. The highest BCUT2D eigenvalue weighted by Crippen LogP contribution is 2.24. The molecule has 2 unspecified atom stereocenters. The Morgan fingerprint density at radius 3 is 2.37 bits per heavy atom. The molecule has 0 aliphatic rings. The smallest absolute Gasteiger partial charge is 0.231 e. The Morgan fingerprint density at radius 1 is 1.21 bits per heavy atom. The van der Waals surface area contributed by atoms with E-state index in [0.29, 0.717) is 11.7 Å². The van der Waals surface area contributed by atoms with Crippen LogP contribution in [0.5, 0.6) is 0 Å². The molecule has 0 radical (unpaired) electrons. The molecule has 0 aromatic carbocycles. The van der Waals surface area contributed by atoms with Crippen LogP contribution in [0.3, 0.4) is 0 Å². The van der Waals surface area contributed by atoms with Crippen molar-refractivity contribution in [2.75, 3.05) is 0 Å². The maximum absolute atomic E-state index is 5.94. The molecule has 5 nitrogen and oxygen atoms in total. The zero-order chi connectivity index (χ0) is 14.0. The molecule has 0 fully saturated rings. The summed E-state index contributed by atoms with van der Waals surface area (Å²) in [6.07, 6.45) is 0.883. The van der Waals surface area contributed by atoms with Gasteiger partial charge in [0.2, 0.25) is 11.7 Å². The normalized spacial score (nSPS) is 14.4. The van der Waals surface area contributed by atoms with E-state index in [-0.39, 0.29) is 12.0 Å². The lowest BCUT2D eigenvalue weighted by molar-refractivity contribution is 0.334. The molecule has 0 aliphatic carbocycles. The molecular formula is C14H20N4O. The number of aryl methyl sites for hydroxylation is 2. The van der Waals surface area contributed by atoms with Gasteiger partial charge in [0, 0.05) is 23.0 Å². The Hall–Kier alpha value is -1.75. The van der Waals surface area contributed by atoms with Crippen LogP contribution >= 0.6 is 0 Å². The van der Waals surface area contributed by atoms with Crippen LogP contribution in [-0.2, 0) is 0 Å². The van der Waals surface area contributed by atoms with Crippen LogP contribution in [0.25, 0.3) is 11.4 Å². The van der Waals surface area contributed by atoms with Gasteiger partial charge in [-0.3, -0.25) is 4.98 Å². The van der Waals surface area contributed by atoms with E-state index in [1.165, 1.54) is 0 Å². The summed E-state index contributed by atoms with van der Waals surface area (Å²) < 4.78 is 5.35. The standard InChI is InChI=1S/C14H20N4O/c1-5-12(10(4)15)14-17-13(18-19-14)11-6-8(2)16-9(3)7-11/h6-7,10,12H,5,15H2,1-4H3. The summed E-state index contributed by atoms with van der Waals surface area (Å²) in [7, 11) is 0. The Labute approximate surface area is 113 Å². The van der Waals surface area contributed by atoms with Crippen molar-refractivity contribution in [3.63, 3.8) is 0 Å². The van der Waals surface area contributed by atoms with Crippen LogP contribution in [0.1, 0.15) is 43.5 Å². The van der Waals surface area contributed by atoms with E-state index < -0.39 is 0 Å². The maximum Gasteiger partial charge on any atom is 0.231 e. The first-order valence-corrected chi connectivity index (χ1v) is 6.56. The Morgan fingerprint density at radius 2 is 1.84 bits per heavy atom. The third kappa shape index (κ3) is 2.98. The molecule has 2 N–H and O–H groups in total. The van der Waals surface area contributed by atoms with Crippen LogP contribution in [-0.4, -0.2) is 21.2 Å². The summed E-state index contributed by atoms with van der Waals surface area (Å²) in [6, 6.07) is 3.90. The van der Waals surface area contributed by atoms with Gasteiger partial charge in [-0.2, -0.15) is 4.98 Å². The molecule has 2 heterocycles. The fourth-order valence-electron chi connectivity index (χ4n) is 2.24. The van der Waals surface area contributed by atoms with Gasteiger partial charge in [-0.15, -0.1) is 0 Å². The quantitative estimate of drug-likeness (QED) is 0.914. The molecule has 0 spiro atoms. The van der Waals surface area contributed by atoms with Gasteiger partial charge in [-0.1, -0.05) is 12.1 Å². The zero-order valence-electron chi connectivity index (χ0n) is 11.8. The van der Waals surface area contributed by atoms with Crippen LogP contribution in [0.4, 0.5) is 0 Å². The molecule has 2 aromatic heterocycles. The monoisotopic (exact) mass is 260 g/mol. The fraction of sp³-hybridized carbons (Fsp3) is 0.500. The van der Waals surface area contributed by atoms with Gasteiger partial charge in [0.05, 0.1) is 5.92 Å². The molecule has 0 saturated carbocycles. The SMILES string of the molecule is CCC(c1nc(-c2cc(C)nc(C)c2)no1)C(C)N. The van der Waals surface area contributed by atoms with Gasteiger partial charge in [0.15, 0.2) is 0 Å². The second-order valence-corrected chi connectivity index (χ2v) is 4.97. The van der Waals surface area contributed by atoms with Crippen molar-refractivity contribution in [1.29, 1.82) is 0 Å². The van der Waals surface area contributed by atoms with Crippen molar-refractivity contribution in [3.8, 4) is 11.4 Å².